The first-order valence-electron chi connectivity index (χ1n) is 15.8. The number of benzene rings is 4. The molecule has 1 N–H and O–H groups in total. The molecule has 4 rings (SSSR count). The van der Waals surface area contributed by atoms with E-state index in [-0.39, 0.29) is 23.8 Å². The van der Waals surface area contributed by atoms with E-state index in [0.29, 0.717) is 12.2 Å². The zero-order valence-corrected chi connectivity index (χ0v) is 28.3. The van der Waals surface area contributed by atoms with Gasteiger partial charge in [0.25, 0.3) is 10.0 Å². The predicted octanol–water partition coefficient (Wildman–Crippen LogP) is 6.67. The first-order valence-corrected chi connectivity index (χ1v) is 17.3. The quantitative estimate of drug-likeness (QED) is 0.156. The van der Waals surface area contributed by atoms with E-state index in [1.54, 1.807) is 41.3 Å². The van der Waals surface area contributed by atoms with Gasteiger partial charge < -0.3 is 10.2 Å². The molecule has 2 amide bonds. The maximum atomic E-state index is 14.6. The molecule has 0 aliphatic heterocycles. The summed E-state index contributed by atoms with van der Waals surface area (Å²) in [5.41, 5.74) is 6.01. The second-order valence-corrected chi connectivity index (χ2v) is 13.8. The van der Waals surface area contributed by atoms with E-state index in [1.807, 2.05) is 88.4 Å². The zero-order valence-electron chi connectivity index (χ0n) is 27.5. The van der Waals surface area contributed by atoms with E-state index in [0.717, 1.165) is 46.2 Å². The summed E-state index contributed by atoms with van der Waals surface area (Å²) in [4.78, 5) is 30.1. The third-order valence-electron chi connectivity index (χ3n) is 8.20. The number of nitrogens with one attached hydrogen (secondary N) is 1. The van der Waals surface area contributed by atoms with Crippen molar-refractivity contribution in [1.82, 2.24) is 10.2 Å². The van der Waals surface area contributed by atoms with E-state index in [1.165, 1.54) is 4.31 Å². The number of hydrogen-bond donors (Lipinski definition) is 1. The smallest absolute Gasteiger partial charge is 0.264 e. The Morgan fingerprint density at radius 1 is 0.761 bits per heavy atom. The average Bonchev–Trinajstić information content (AvgIpc) is 3.03. The van der Waals surface area contributed by atoms with Crippen LogP contribution in [0.1, 0.15) is 53.1 Å². The van der Waals surface area contributed by atoms with Crippen LogP contribution >= 0.6 is 0 Å². The number of unbranched alkanes of at least 4 members (excludes halogenated alkanes) is 1. The highest BCUT2D eigenvalue weighted by molar-refractivity contribution is 7.92. The van der Waals surface area contributed by atoms with E-state index in [2.05, 4.69) is 12.2 Å². The van der Waals surface area contributed by atoms with Gasteiger partial charge in [0.15, 0.2) is 0 Å². The lowest BCUT2D eigenvalue weighted by Crippen LogP contribution is -2.53. The number of carbonyl (C=O) groups is 2. The van der Waals surface area contributed by atoms with Gasteiger partial charge in [-0.15, -0.1) is 0 Å². The minimum absolute atomic E-state index is 0.0903. The summed E-state index contributed by atoms with van der Waals surface area (Å²) >= 11 is 0. The van der Waals surface area contributed by atoms with Crippen LogP contribution < -0.4 is 9.62 Å². The Hall–Kier alpha value is -4.43. The highest BCUT2D eigenvalue weighted by Gasteiger charge is 2.34. The highest BCUT2D eigenvalue weighted by atomic mass is 32.2. The Balaban J connectivity index is 1.81. The van der Waals surface area contributed by atoms with Crippen LogP contribution in [-0.2, 0) is 32.6 Å². The molecule has 0 saturated carbocycles. The number of aryl methyl sites for hydroxylation is 4. The molecule has 0 aliphatic rings. The van der Waals surface area contributed by atoms with Crippen molar-refractivity contribution < 1.29 is 18.0 Å². The van der Waals surface area contributed by atoms with Crippen LogP contribution in [0.4, 0.5) is 5.69 Å². The topological polar surface area (TPSA) is 86.8 Å². The Morgan fingerprint density at radius 2 is 1.46 bits per heavy atom. The van der Waals surface area contributed by atoms with Crippen LogP contribution in [0.15, 0.2) is 102 Å². The van der Waals surface area contributed by atoms with E-state index in [9.17, 15) is 18.0 Å². The van der Waals surface area contributed by atoms with Crippen molar-refractivity contribution >= 4 is 27.5 Å². The molecule has 46 heavy (non-hydrogen) atoms. The van der Waals surface area contributed by atoms with E-state index < -0.39 is 28.5 Å². The van der Waals surface area contributed by atoms with Crippen molar-refractivity contribution in [3.8, 4) is 0 Å². The fourth-order valence-corrected chi connectivity index (χ4v) is 6.72. The normalized spacial score (nSPS) is 11.9. The van der Waals surface area contributed by atoms with Crippen molar-refractivity contribution in [2.75, 3.05) is 17.4 Å². The van der Waals surface area contributed by atoms with Crippen LogP contribution in [0.25, 0.3) is 0 Å². The molecule has 1 unspecified atom stereocenters. The predicted molar refractivity (Wildman–Crippen MR) is 185 cm³/mol. The summed E-state index contributed by atoms with van der Waals surface area (Å²) in [7, 11) is -4.15. The van der Waals surface area contributed by atoms with Crippen LogP contribution in [0.5, 0.6) is 0 Å². The minimum Gasteiger partial charge on any atom is -0.354 e. The summed E-state index contributed by atoms with van der Waals surface area (Å²) in [5.74, 6) is -0.737. The molecule has 8 heteroatoms. The molecule has 0 aliphatic carbocycles. The third-order valence-corrected chi connectivity index (χ3v) is 9.99. The second kappa shape index (κ2) is 15.7. The van der Waals surface area contributed by atoms with E-state index in [4.69, 9.17) is 0 Å². The van der Waals surface area contributed by atoms with Crippen molar-refractivity contribution in [2.45, 2.75) is 71.4 Å². The van der Waals surface area contributed by atoms with Crippen LogP contribution in [0.3, 0.4) is 0 Å². The molecule has 4 aromatic rings. The van der Waals surface area contributed by atoms with Gasteiger partial charge in [0.05, 0.1) is 10.6 Å². The molecule has 4 aromatic carbocycles. The minimum atomic E-state index is -4.15. The lowest BCUT2D eigenvalue weighted by atomic mass is 10.0. The molecular formula is C38H45N3O4S. The van der Waals surface area contributed by atoms with Gasteiger partial charge >= 0.3 is 0 Å². The summed E-state index contributed by atoms with van der Waals surface area (Å²) in [6.45, 7) is 9.95. The number of carbonyl (C=O) groups excluding carboxylic acids is 2. The first kappa shape index (κ1) is 34.4. The van der Waals surface area contributed by atoms with Gasteiger partial charge in [-0.1, -0.05) is 97.3 Å². The standard InChI is InChI=1S/C38H45N3O4S/c1-6-7-22-39-38(43)36(25-32-13-9-8-10-14-32)40(26-33-15-11-12-29(3)23-33)37(42)27-41(34-19-18-30(4)31(5)24-34)46(44,45)35-20-16-28(2)17-21-35/h8-21,23-24,36H,6-7,22,25-27H2,1-5H3,(H,39,43). The molecule has 0 fully saturated rings. The number of amides is 2. The maximum absolute atomic E-state index is 14.6. The number of nitrogens with zero attached hydrogens (tertiary/aromatic N) is 2. The van der Waals surface area contributed by atoms with Crippen molar-refractivity contribution in [3.63, 3.8) is 0 Å². The van der Waals surface area contributed by atoms with Gasteiger partial charge in [-0.05, 0) is 80.6 Å². The number of anilines is 1. The summed E-state index contributed by atoms with van der Waals surface area (Å²) in [5, 5.41) is 3.03. The molecular weight excluding hydrogens is 595 g/mol. The van der Waals surface area contributed by atoms with Crippen molar-refractivity contribution in [3.05, 3.63) is 130 Å². The maximum Gasteiger partial charge on any atom is 0.264 e. The van der Waals surface area contributed by atoms with Gasteiger partial charge in [0.2, 0.25) is 11.8 Å². The van der Waals surface area contributed by atoms with Gasteiger partial charge in [-0.3, -0.25) is 13.9 Å². The molecule has 7 nitrogen and oxygen atoms in total. The Bertz CT molecular complexity index is 1740. The number of rotatable bonds is 14. The van der Waals surface area contributed by atoms with E-state index >= 15 is 0 Å². The lowest BCUT2D eigenvalue weighted by molar-refractivity contribution is -0.140. The highest BCUT2D eigenvalue weighted by Crippen LogP contribution is 2.27. The van der Waals surface area contributed by atoms with Crippen LogP contribution in [0, 0.1) is 27.7 Å². The summed E-state index contributed by atoms with van der Waals surface area (Å²) < 4.78 is 29.7. The van der Waals surface area contributed by atoms with Gasteiger partial charge in [-0.2, -0.15) is 0 Å². The van der Waals surface area contributed by atoms with Crippen LogP contribution in [0.2, 0.25) is 0 Å². The average molecular weight is 640 g/mol. The molecule has 0 heterocycles. The SMILES string of the molecule is CCCCNC(=O)C(Cc1ccccc1)N(Cc1cccc(C)c1)C(=O)CN(c1ccc(C)c(C)c1)S(=O)(=O)c1ccc(C)cc1. The summed E-state index contributed by atoms with van der Waals surface area (Å²) in [6.07, 6.45) is 2.01. The first-order chi connectivity index (χ1) is 22.0. The fraction of sp³-hybridized carbons (Fsp3) is 0.316. The zero-order chi connectivity index (χ0) is 33.3. The molecule has 1 atom stereocenters. The third kappa shape index (κ3) is 8.85. The molecule has 0 bridgehead atoms. The molecule has 0 radical (unpaired) electrons. The fourth-order valence-electron chi connectivity index (χ4n) is 5.31. The summed E-state index contributed by atoms with van der Waals surface area (Å²) in [6, 6.07) is 28.5. The van der Waals surface area contributed by atoms with Crippen LogP contribution in [-0.4, -0.2) is 44.3 Å². The Labute approximate surface area is 274 Å². The Morgan fingerprint density at radius 3 is 2.11 bits per heavy atom. The molecule has 0 saturated heterocycles. The molecule has 242 valence electrons. The lowest BCUT2D eigenvalue weighted by Gasteiger charge is -2.34. The number of sulfonamides is 1. The van der Waals surface area contributed by atoms with Gasteiger partial charge in [0.1, 0.15) is 12.6 Å². The Kier molecular flexibility index (Phi) is 11.8. The monoisotopic (exact) mass is 639 g/mol. The molecule has 0 spiro atoms. The number of hydrogen-bond acceptors (Lipinski definition) is 4. The second-order valence-electron chi connectivity index (χ2n) is 12.0. The van der Waals surface area contributed by atoms with Crippen molar-refractivity contribution in [2.24, 2.45) is 0 Å². The van der Waals surface area contributed by atoms with Gasteiger partial charge in [0, 0.05) is 19.5 Å². The van der Waals surface area contributed by atoms with Crippen molar-refractivity contribution in [1.29, 1.82) is 0 Å². The van der Waals surface area contributed by atoms with Gasteiger partial charge in [-0.25, -0.2) is 8.42 Å². The molecule has 0 aromatic heterocycles. The largest absolute Gasteiger partial charge is 0.354 e.